The van der Waals surface area contributed by atoms with E-state index in [-0.39, 0.29) is 18.2 Å². The second kappa shape index (κ2) is 9.64. The van der Waals surface area contributed by atoms with Gasteiger partial charge in [-0.1, -0.05) is 18.2 Å². The molecule has 0 amide bonds. The molecular formula is C19H29NO4. The van der Waals surface area contributed by atoms with E-state index in [1.807, 2.05) is 32.0 Å². The molecule has 0 aromatic heterocycles. The summed E-state index contributed by atoms with van der Waals surface area (Å²) in [5, 5.41) is 0. The maximum absolute atomic E-state index is 11.5. The Balaban J connectivity index is 2.04. The van der Waals surface area contributed by atoms with Crippen molar-refractivity contribution in [2.24, 2.45) is 0 Å². The van der Waals surface area contributed by atoms with Crippen LogP contribution in [0.1, 0.15) is 38.7 Å². The van der Waals surface area contributed by atoms with E-state index in [1.165, 1.54) is 7.11 Å². The van der Waals surface area contributed by atoms with Crippen LogP contribution in [0.15, 0.2) is 24.3 Å². The molecule has 0 saturated carbocycles. The van der Waals surface area contributed by atoms with Gasteiger partial charge in [0.1, 0.15) is 5.75 Å². The summed E-state index contributed by atoms with van der Waals surface area (Å²) >= 11 is 0. The van der Waals surface area contributed by atoms with Crippen molar-refractivity contribution in [1.29, 1.82) is 0 Å². The average Bonchev–Trinajstić information content (AvgIpc) is 3.06. The zero-order chi connectivity index (χ0) is 17.4. The van der Waals surface area contributed by atoms with E-state index in [0.29, 0.717) is 13.0 Å². The molecule has 24 heavy (non-hydrogen) atoms. The minimum Gasteiger partial charge on any atom is -0.491 e. The van der Waals surface area contributed by atoms with E-state index in [0.717, 1.165) is 43.9 Å². The summed E-state index contributed by atoms with van der Waals surface area (Å²) in [6.45, 7) is 7.11. The first-order valence-corrected chi connectivity index (χ1v) is 8.74. The quantitative estimate of drug-likeness (QED) is 0.649. The molecule has 1 heterocycles. The van der Waals surface area contributed by atoms with E-state index < -0.39 is 0 Å². The Morgan fingerprint density at radius 2 is 2.17 bits per heavy atom. The van der Waals surface area contributed by atoms with Crippen molar-refractivity contribution < 1.29 is 19.0 Å². The van der Waals surface area contributed by atoms with Gasteiger partial charge in [0.2, 0.25) is 0 Å². The minimum atomic E-state index is -0.181. The van der Waals surface area contributed by atoms with Crippen LogP contribution in [0.25, 0.3) is 0 Å². The Morgan fingerprint density at radius 1 is 1.38 bits per heavy atom. The van der Waals surface area contributed by atoms with Crippen LogP contribution in [0.2, 0.25) is 0 Å². The number of hydrogen-bond donors (Lipinski definition) is 0. The zero-order valence-electron chi connectivity index (χ0n) is 15.0. The van der Waals surface area contributed by atoms with Gasteiger partial charge in [-0.25, -0.2) is 0 Å². The van der Waals surface area contributed by atoms with Crippen molar-refractivity contribution in [2.75, 3.05) is 26.8 Å². The highest BCUT2D eigenvalue weighted by Gasteiger charge is 2.21. The number of carbonyl (C=O) groups excluding carboxylic acids is 1. The number of carbonyl (C=O) groups is 1. The Labute approximate surface area is 144 Å². The number of hydrogen-bond acceptors (Lipinski definition) is 5. The summed E-state index contributed by atoms with van der Waals surface area (Å²) in [4.78, 5) is 13.8. The average molecular weight is 335 g/mol. The normalized spacial score (nSPS) is 17.5. The molecule has 1 aliphatic rings. The highest BCUT2D eigenvalue weighted by Crippen LogP contribution is 2.22. The van der Waals surface area contributed by atoms with Gasteiger partial charge in [0.15, 0.2) is 0 Å². The first-order valence-electron chi connectivity index (χ1n) is 8.74. The molecule has 1 unspecified atom stereocenters. The van der Waals surface area contributed by atoms with Gasteiger partial charge in [0, 0.05) is 31.8 Å². The summed E-state index contributed by atoms with van der Waals surface area (Å²) in [5.74, 6) is 0.724. The van der Waals surface area contributed by atoms with Crippen molar-refractivity contribution in [3.8, 4) is 5.75 Å². The molecule has 5 nitrogen and oxygen atoms in total. The van der Waals surface area contributed by atoms with E-state index in [1.54, 1.807) is 0 Å². The molecule has 1 atom stereocenters. The van der Waals surface area contributed by atoms with Crippen LogP contribution in [-0.4, -0.2) is 49.9 Å². The molecule has 1 aromatic carbocycles. The van der Waals surface area contributed by atoms with Gasteiger partial charge in [-0.05, 0) is 32.8 Å². The Morgan fingerprint density at radius 3 is 2.83 bits per heavy atom. The van der Waals surface area contributed by atoms with Gasteiger partial charge in [-0.15, -0.1) is 0 Å². The fourth-order valence-electron chi connectivity index (χ4n) is 2.91. The molecule has 0 N–H and O–H groups in total. The van der Waals surface area contributed by atoms with Crippen LogP contribution >= 0.6 is 0 Å². The number of para-hydroxylation sites is 1. The topological polar surface area (TPSA) is 48.0 Å². The van der Waals surface area contributed by atoms with Gasteiger partial charge in [0.25, 0.3) is 0 Å². The molecule has 1 saturated heterocycles. The lowest BCUT2D eigenvalue weighted by atomic mass is 10.1. The molecule has 0 radical (unpaired) electrons. The minimum absolute atomic E-state index is 0.132. The van der Waals surface area contributed by atoms with Crippen LogP contribution in [-0.2, 0) is 20.8 Å². The zero-order valence-corrected chi connectivity index (χ0v) is 15.0. The molecule has 134 valence electrons. The maximum atomic E-state index is 11.5. The highest BCUT2D eigenvalue weighted by atomic mass is 16.5. The molecule has 0 aliphatic carbocycles. The number of methoxy groups -OCH3 is 1. The van der Waals surface area contributed by atoms with Crippen molar-refractivity contribution in [1.82, 2.24) is 4.90 Å². The summed E-state index contributed by atoms with van der Waals surface area (Å²) in [5.41, 5.74) is 1.13. The van der Waals surface area contributed by atoms with Crippen molar-refractivity contribution in [3.05, 3.63) is 29.8 Å². The van der Waals surface area contributed by atoms with E-state index >= 15 is 0 Å². The van der Waals surface area contributed by atoms with Crippen LogP contribution in [0, 0.1) is 0 Å². The van der Waals surface area contributed by atoms with Gasteiger partial charge in [0.05, 0.1) is 25.7 Å². The summed E-state index contributed by atoms with van der Waals surface area (Å²) < 4.78 is 16.4. The molecule has 2 rings (SSSR count). The first kappa shape index (κ1) is 18.7. The monoisotopic (exact) mass is 335 g/mol. The second-order valence-corrected chi connectivity index (χ2v) is 6.47. The molecule has 5 heteroatoms. The molecule has 0 bridgehead atoms. The van der Waals surface area contributed by atoms with Crippen molar-refractivity contribution in [2.45, 2.75) is 51.9 Å². The van der Waals surface area contributed by atoms with E-state index in [9.17, 15) is 4.79 Å². The third-order valence-corrected chi connectivity index (χ3v) is 4.07. The summed E-state index contributed by atoms with van der Waals surface area (Å²) in [7, 11) is 1.43. The van der Waals surface area contributed by atoms with E-state index in [2.05, 4.69) is 11.0 Å². The Kier molecular flexibility index (Phi) is 7.53. The predicted molar refractivity (Wildman–Crippen MR) is 93.1 cm³/mol. The fourth-order valence-corrected chi connectivity index (χ4v) is 2.91. The fraction of sp³-hybridized carbons (Fsp3) is 0.632. The lowest BCUT2D eigenvalue weighted by Gasteiger charge is -2.26. The van der Waals surface area contributed by atoms with Gasteiger partial charge in [-0.3, -0.25) is 9.69 Å². The third kappa shape index (κ3) is 6.13. The van der Waals surface area contributed by atoms with E-state index in [4.69, 9.17) is 14.2 Å². The lowest BCUT2D eigenvalue weighted by Crippen LogP contribution is -2.34. The van der Waals surface area contributed by atoms with Gasteiger partial charge < -0.3 is 14.2 Å². The third-order valence-electron chi connectivity index (χ3n) is 4.07. The van der Waals surface area contributed by atoms with Crippen molar-refractivity contribution in [3.63, 3.8) is 0 Å². The molecule has 0 spiro atoms. The summed E-state index contributed by atoms with van der Waals surface area (Å²) in [6, 6.07) is 8.09. The number of nitrogens with zero attached hydrogens (tertiary/aromatic N) is 1. The first-order chi connectivity index (χ1) is 11.6. The predicted octanol–water partition coefficient (Wildman–Crippen LogP) is 3.02. The van der Waals surface area contributed by atoms with Crippen LogP contribution in [0.3, 0.4) is 0 Å². The molecule has 1 aromatic rings. The largest absolute Gasteiger partial charge is 0.491 e. The molecule has 1 aliphatic heterocycles. The SMILES string of the molecule is COC(=O)CCN(Cc1ccccc1OC(C)C)CC1CCCO1. The van der Waals surface area contributed by atoms with Crippen LogP contribution in [0.4, 0.5) is 0 Å². The van der Waals surface area contributed by atoms with Gasteiger partial charge >= 0.3 is 5.97 Å². The Hall–Kier alpha value is -1.59. The number of ether oxygens (including phenoxy) is 3. The summed E-state index contributed by atoms with van der Waals surface area (Å²) in [6.07, 6.45) is 2.96. The number of esters is 1. The Bertz CT molecular complexity index is 512. The van der Waals surface area contributed by atoms with Crippen LogP contribution in [0.5, 0.6) is 5.75 Å². The molecule has 1 fully saturated rings. The number of rotatable bonds is 9. The molecular weight excluding hydrogens is 306 g/mol. The maximum Gasteiger partial charge on any atom is 0.306 e. The number of benzene rings is 1. The second-order valence-electron chi connectivity index (χ2n) is 6.47. The van der Waals surface area contributed by atoms with Gasteiger partial charge in [-0.2, -0.15) is 0 Å². The standard InChI is InChI=1S/C19H29NO4/c1-15(2)24-18-9-5-4-7-16(18)13-20(11-10-19(21)22-3)14-17-8-6-12-23-17/h4-5,7,9,15,17H,6,8,10-14H2,1-3H3. The lowest BCUT2D eigenvalue weighted by molar-refractivity contribution is -0.141. The highest BCUT2D eigenvalue weighted by molar-refractivity contribution is 5.69. The van der Waals surface area contributed by atoms with Crippen LogP contribution < -0.4 is 4.74 Å². The smallest absolute Gasteiger partial charge is 0.306 e. The van der Waals surface area contributed by atoms with Crippen molar-refractivity contribution >= 4 is 5.97 Å².